The molecule has 1 aromatic heterocycles. The maximum atomic E-state index is 8.07. The number of hydrogen-bond donors (Lipinski definition) is 4. The van der Waals surface area contributed by atoms with Crippen molar-refractivity contribution in [2.45, 2.75) is 46.2 Å². The lowest BCUT2D eigenvalue weighted by atomic mass is 10.2. The van der Waals surface area contributed by atoms with Gasteiger partial charge in [0.15, 0.2) is 11.6 Å². The molecule has 1 aliphatic heterocycles. The number of nitrogen functional groups attached to an aromatic ring is 1. The molecular formula is C19H30N6O. The molecule has 0 radical (unpaired) electrons. The largest absolute Gasteiger partial charge is 0.396 e. The predicted octanol–water partition coefficient (Wildman–Crippen LogP) is 3.05. The van der Waals surface area contributed by atoms with Crippen LogP contribution in [0.4, 0.5) is 23.3 Å². The first kappa shape index (κ1) is 19.8. The van der Waals surface area contributed by atoms with E-state index in [9.17, 15) is 0 Å². The zero-order chi connectivity index (χ0) is 18.9. The first-order valence-corrected chi connectivity index (χ1v) is 9.13. The Hall–Kier alpha value is -2.54. The van der Waals surface area contributed by atoms with Crippen LogP contribution in [0.5, 0.6) is 0 Å². The molecule has 0 amide bonds. The highest BCUT2D eigenvalue weighted by Crippen LogP contribution is 2.36. The summed E-state index contributed by atoms with van der Waals surface area (Å²) in [7, 11) is 0. The number of aliphatic hydroxyl groups excluding tert-OH is 1. The van der Waals surface area contributed by atoms with Gasteiger partial charge in [0, 0.05) is 19.2 Å². The molecule has 5 N–H and O–H groups in total. The molecule has 3 rings (SSSR count). The van der Waals surface area contributed by atoms with Gasteiger partial charge >= 0.3 is 0 Å². The summed E-state index contributed by atoms with van der Waals surface area (Å²) < 4.78 is 0. The molecule has 0 saturated carbocycles. The van der Waals surface area contributed by atoms with E-state index < -0.39 is 0 Å². The van der Waals surface area contributed by atoms with Crippen molar-refractivity contribution in [3.05, 3.63) is 35.9 Å². The van der Waals surface area contributed by atoms with Gasteiger partial charge in [0.25, 0.3) is 0 Å². The maximum absolute atomic E-state index is 8.07. The smallest absolute Gasteiger partial charge is 0.224 e. The molecule has 0 saturated heterocycles. The minimum Gasteiger partial charge on any atom is -0.396 e. The molecule has 0 unspecified atom stereocenters. The number of fused-ring (bicyclic) bond motifs is 1. The molecule has 0 spiro atoms. The number of hydrogen-bond acceptors (Lipinski definition) is 7. The molecule has 7 nitrogen and oxygen atoms in total. The van der Waals surface area contributed by atoms with Crippen LogP contribution in [0.3, 0.4) is 0 Å². The Morgan fingerprint density at radius 2 is 2.00 bits per heavy atom. The van der Waals surface area contributed by atoms with E-state index in [0.29, 0.717) is 25.1 Å². The third kappa shape index (κ3) is 5.23. The predicted molar refractivity (Wildman–Crippen MR) is 108 cm³/mol. The summed E-state index contributed by atoms with van der Waals surface area (Å²) in [6, 6.07) is 10.6. The fourth-order valence-corrected chi connectivity index (χ4v) is 2.57. The van der Waals surface area contributed by atoms with Crippen molar-refractivity contribution < 1.29 is 5.11 Å². The van der Waals surface area contributed by atoms with Crippen molar-refractivity contribution in [3.63, 3.8) is 0 Å². The summed E-state index contributed by atoms with van der Waals surface area (Å²) in [5.41, 5.74) is 7.97. The molecule has 26 heavy (non-hydrogen) atoms. The Bertz CT molecular complexity index is 675. The van der Waals surface area contributed by atoms with Crippen molar-refractivity contribution >= 4 is 23.3 Å². The van der Waals surface area contributed by atoms with Gasteiger partial charge in [-0.15, -0.1) is 0 Å². The Morgan fingerprint density at radius 1 is 1.27 bits per heavy atom. The SMILES string of the molecule is CC(C)N1CNc2c(NCc3ccccc3)nc(N)nc21.CCCCO. The monoisotopic (exact) mass is 358 g/mol. The first-order valence-electron chi connectivity index (χ1n) is 9.13. The lowest BCUT2D eigenvalue weighted by Crippen LogP contribution is -2.30. The van der Waals surface area contributed by atoms with Crippen molar-refractivity contribution in [2.75, 3.05) is 34.5 Å². The van der Waals surface area contributed by atoms with Gasteiger partial charge in [-0.05, 0) is 25.8 Å². The Kier molecular flexibility index (Phi) is 7.47. The van der Waals surface area contributed by atoms with E-state index in [0.717, 1.165) is 36.8 Å². The minimum absolute atomic E-state index is 0.290. The average Bonchev–Trinajstić information content (AvgIpc) is 3.06. The van der Waals surface area contributed by atoms with Gasteiger partial charge in [-0.25, -0.2) is 0 Å². The van der Waals surface area contributed by atoms with Crippen LogP contribution in [0.25, 0.3) is 0 Å². The van der Waals surface area contributed by atoms with E-state index in [4.69, 9.17) is 10.8 Å². The third-order valence-corrected chi connectivity index (χ3v) is 4.04. The molecule has 1 aromatic carbocycles. The third-order valence-electron chi connectivity index (χ3n) is 4.04. The van der Waals surface area contributed by atoms with Gasteiger partial charge in [0.05, 0.1) is 6.67 Å². The van der Waals surface area contributed by atoms with E-state index in [-0.39, 0.29) is 0 Å². The number of nitrogens with one attached hydrogen (secondary N) is 2. The molecule has 2 aromatic rings. The van der Waals surface area contributed by atoms with Gasteiger partial charge in [0.1, 0.15) is 5.69 Å². The van der Waals surface area contributed by atoms with Crippen molar-refractivity contribution in [1.82, 2.24) is 9.97 Å². The van der Waals surface area contributed by atoms with Gasteiger partial charge in [-0.2, -0.15) is 9.97 Å². The Morgan fingerprint density at radius 3 is 2.58 bits per heavy atom. The number of aliphatic hydroxyl groups is 1. The Balaban J connectivity index is 0.000000431. The van der Waals surface area contributed by atoms with Crippen molar-refractivity contribution in [3.8, 4) is 0 Å². The summed E-state index contributed by atoms with van der Waals surface area (Å²) >= 11 is 0. The van der Waals surface area contributed by atoms with Gasteiger partial charge in [-0.3, -0.25) is 0 Å². The second-order valence-corrected chi connectivity index (χ2v) is 6.44. The molecule has 142 valence electrons. The van der Waals surface area contributed by atoms with E-state index >= 15 is 0 Å². The fourth-order valence-electron chi connectivity index (χ4n) is 2.57. The van der Waals surface area contributed by atoms with Crippen LogP contribution in [0.2, 0.25) is 0 Å². The highest BCUT2D eigenvalue weighted by atomic mass is 16.2. The van der Waals surface area contributed by atoms with Gasteiger partial charge < -0.3 is 26.4 Å². The first-order chi connectivity index (χ1) is 12.6. The van der Waals surface area contributed by atoms with Crippen molar-refractivity contribution in [1.29, 1.82) is 0 Å². The average molecular weight is 358 g/mol. The van der Waals surface area contributed by atoms with Crippen LogP contribution in [0, 0.1) is 0 Å². The quantitative estimate of drug-likeness (QED) is 0.630. The second-order valence-electron chi connectivity index (χ2n) is 6.44. The molecule has 0 bridgehead atoms. The van der Waals surface area contributed by atoms with Crippen LogP contribution >= 0.6 is 0 Å². The summed E-state index contributed by atoms with van der Waals surface area (Å²) in [6.45, 7) is 8.09. The molecule has 7 heteroatoms. The van der Waals surface area contributed by atoms with Crippen LogP contribution in [-0.4, -0.2) is 34.4 Å². The van der Waals surface area contributed by atoms with Crippen LogP contribution < -0.4 is 21.3 Å². The maximum Gasteiger partial charge on any atom is 0.224 e. The number of benzene rings is 1. The lowest BCUT2D eigenvalue weighted by molar-refractivity contribution is 0.287. The molecule has 2 heterocycles. The molecular weight excluding hydrogens is 328 g/mol. The second kappa shape index (κ2) is 9.82. The molecule has 0 fully saturated rings. The highest BCUT2D eigenvalue weighted by molar-refractivity contribution is 5.82. The number of unbranched alkanes of at least 4 members (excludes halogenated alkanes) is 1. The highest BCUT2D eigenvalue weighted by Gasteiger charge is 2.26. The minimum atomic E-state index is 0.290. The summed E-state index contributed by atoms with van der Waals surface area (Å²) in [4.78, 5) is 10.8. The number of aromatic nitrogens is 2. The summed E-state index contributed by atoms with van der Waals surface area (Å²) in [5, 5.41) is 14.8. The van der Waals surface area contributed by atoms with Gasteiger partial charge in [-0.1, -0.05) is 43.7 Å². The molecule has 0 atom stereocenters. The number of rotatable bonds is 6. The normalized spacial score (nSPS) is 12.3. The lowest BCUT2D eigenvalue weighted by Gasteiger charge is -2.21. The Labute approximate surface area is 155 Å². The summed E-state index contributed by atoms with van der Waals surface area (Å²) in [6.07, 6.45) is 2.04. The standard InChI is InChI=1S/C15H20N6.C4H10O/c1-10(2)21-9-18-12-13(19-15(16)20-14(12)21)17-8-11-6-4-3-5-7-11;1-2-3-4-5/h3-7,10,18H,8-9H2,1-2H3,(H3,16,17,19,20);5H,2-4H2,1H3. The van der Waals surface area contributed by atoms with Crippen LogP contribution in [-0.2, 0) is 6.54 Å². The van der Waals surface area contributed by atoms with Crippen LogP contribution in [0.15, 0.2) is 30.3 Å². The molecule has 0 aliphatic carbocycles. The zero-order valence-electron chi connectivity index (χ0n) is 15.9. The fraction of sp³-hybridized carbons (Fsp3) is 0.474. The van der Waals surface area contributed by atoms with E-state index in [1.807, 2.05) is 18.2 Å². The zero-order valence-corrected chi connectivity index (χ0v) is 15.9. The summed E-state index contributed by atoms with van der Waals surface area (Å²) in [5.74, 6) is 1.91. The topological polar surface area (TPSA) is 99.3 Å². The van der Waals surface area contributed by atoms with E-state index in [2.05, 4.69) is 58.4 Å². The number of nitrogens with zero attached hydrogens (tertiary/aromatic N) is 3. The molecule has 1 aliphatic rings. The van der Waals surface area contributed by atoms with Gasteiger partial charge in [0.2, 0.25) is 5.95 Å². The number of nitrogens with two attached hydrogens (primary N) is 1. The van der Waals surface area contributed by atoms with E-state index in [1.165, 1.54) is 5.56 Å². The van der Waals surface area contributed by atoms with Crippen molar-refractivity contribution in [2.24, 2.45) is 0 Å². The van der Waals surface area contributed by atoms with E-state index in [1.54, 1.807) is 0 Å². The van der Waals surface area contributed by atoms with Crippen LogP contribution in [0.1, 0.15) is 39.2 Å². The number of anilines is 4.